The zero-order valence-corrected chi connectivity index (χ0v) is 12.0. The lowest BCUT2D eigenvalue weighted by molar-refractivity contribution is -0.117. The Labute approximate surface area is 121 Å². The molecule has 0 fully saturated rings. The van der Waals surface area contributed by atoms with Crippen LogP contribution < -0.4 is 5.32 Å². The Balaban J connectivity index is 1.92. The summed E-state index contributed by atoms with van der Waals surface area (Å²) in [5.41, 5.74) is 0.948. The normalized spacial score (nSPS) is 12.5. The Bertz CT molecular complexity index is 560. The standard InChI is InChI=1S/C15H14ClNOS/c1-11(14-3-2-10-19-14)17-15(18)9-6-12-4-7-13(16)8-5-12/h2-11H,1H3,(H,17,18)/b9-6+/t11-/m0/s1. The summed E-state index contributed by atoms with van der Waals surface area (Å²) in [6, 6.07) is 11.4. The lowest BCUT2D eigenvalue weighted by atomic mass is 10.2. The molecule has 2 aromatic rings. The lowest BCUT2D eigenvalue weighted by Crippen LogP contribution is -2.23. The third-order valence-electron chi connectivity index (χ3n) is 2.63. The summed E-state index contributed by atoms with van der Waals surface area (Å²) in [6.07, 6.45) is 3.31. The fourth-order valence-electron chi connectivity index (χ4n) is 1.62. The van der Waals surface area contributed by atoms with Crippen LogP contribution in [0.4, 0.5) is 0 Å². The second kappa shape index (κ2) is 6.55. The number of benzene rings is 1. The van der Waals surface area contributed by atoms with Crippen molar-refractivity contribution in [3.63, 3.8) is 0 Å². The van der Waals surface area contributed by atoms with Crippen molar-refractivity contribution < 1.29 is 4.79 Å². The number of carbonyl (C=O) groups is 1. The molecule has 1 aromatic carbocycles. The van der Waals surface area contributed by atoms with Gasteiger partial charge in [-0.05, 0) is 42.1 Å². The van der Waals surface area contributed by atoms with Crippen molar-refractivity contribution in [1.29, 1.82) is 0 Å². The van der Waals surface area contributed by atoms with E-state index in [9.17, 15) is 4.79 Å². The molecule has 0 unspecified atom stereocenters. The van der Waals surface area contributed by atoms with E-state index in [4.69, 9.17) is 11.6 Å². The molecule has 4 heteroatoms. The average molecular weight is 292 g/mol. The van der Waals surface area contributed by atoms with Crippen LogP contribution >= 0.6 is 22.9 Å². The van der Waals surface area contributed by atoms with Gasteiger partial charge in [0.25, 0.3) is 0 Å². The van der Waals surface area contributed by atoms with Gasteiger partial charge < -0.3 is 5.32 Å². The van der Waals surface area contributed by atoms with Crippen LogP contribution in [-0.2, 0) is 4.79 Å². The number of rotatable bonds is 4. The van der Waals surface area contributed by atoms with Crippen LogP contribution in [0.1, 0.15) is 23.4 Å². The summed E-state index contributed by atoms with van der Waals surface area (Å²) < 4.78 is 0. The molecule has 0 aliphatic carbocycles. The first-order valence-corrected chi connectivity index (χ1v) is 7.18. The maximum absolute atomic E-state index is 11.8. The Morgan fingerprint density at radius 3 is 2.68 bits per heavy atom. The number of carbonyl (C=O) groups excluding carboxylic acids is 1. The molecule has 0 aliphatic heterocycles. The monoisotopic (exact) mass is 291 g/mol. The van der Waals surface area contributed by atoms with Crippen molar-refractivity contribution in [1.82, 2.24) is 5.32 Å². The Morgan fingerprint density at radius 2 is 2.05 bits per heavy atom. The van der Waals surface area contributed by atoms with Gasteiger partial charge >= 0.3 is 0 Å². The highest BCUT2D eigenvalue weighted by molar-refractivity contribution is 7.10. The van der Waals surface area contributed by atoms with Gasteiger partial charge in [-0.1, -0.05) is 29.8 Å². The van der Waals surface area contributed by atoms with E-state index in [0.717, 1.165) is 10.4 Å². The van der Waals surface area contributed by atoms with E-state index in [-0.39, 0.29) is 11.9 Å². The SMILES string of the molecule is C[C@H](NC(=O)/C=C/c1ccc(Cl)cc1)c1cccs1. The lowest BCUT2D eigenvalue weighted by Gasteiger charge is -2.09. The van der Waals surface area contributed by atoms with Crippen molar-refractivity contribution in [2.75, 3.05) is 0 Å². The molecule has 2 nitrogen and oxygen atoms in total. The minimum absolute atomic E-state index is 0.0300. The molecule has 0 spiro atoms. The van der Waals surface area contributed by atoms with E-state index in [1.807, 2.05) is 36.6 Å². The van der Waals surface area contributed by atoms with Crippen LogP contribution in [0.2, 0.25) is 5.02 Å². The molecular formula is C15H14ClNOS. The Hall–Kier alpha value is -1.58. The van der Waals surface area contributed by atoms with Gasteiger partial charge in [0.1, 0.15) is 0 Å². The molecule has 0 saturated heterocycles. The first-order valence-electron chi connectivity index (χ1n) is 5.93. The molecule has 1 aromatic heterocycles. The molecule has 1 atom stereocenters. The van der Waals surface area contributed by atoms with Crippen molar-refractivity contribution in [2.24, 2.45) is 0 Å². The van der Waals surface area contributed by atoms with Crippen LogP contribution in [0.25, 0.3) is 6.08 Å². The molecule has 1 N–H and O–H groups in total. The summed E-state index contributed by atoms with van der Waals surface area (Å²) in [6.45, 7) is 1.97. The number of amides is 1. The smallest absolute Gasteiger partial charge is 0.244 e. The van der Waals surface area contributed by atoms with Crippen molar-refractivity contribution in [2.45, 2.75) is 13.0 Å². The highest BCUT2D eigenvalue weighted by atomic mass is 35.5. The predicted octanol–water partition coefficient (Wildman–Crippen LogP) is 4.29. The second-order valence-corrected chi connectivity index (χ2v) is 5.55. The van der Waals surface area contributed by atoms with Gasteiger partial charge in [-0.25, -0.2) is 0 Å². The van der Waals surface area contributed by atoms with Crippen molar-refractivity contribution in [3.05, 3.63) is 63.3 Å². The molecule has 0 bridgehead atoms. The van der Waals surface area contributed by atoms with Crippen LogP contribution in [0.15, 0.2) is 47.9 Å². The largest absolute Gasteiger partial charge is 0.345 e. The first-order chi connectivity index (χ1) is 9.15. The predicted molar refractivity (Wildman–Crippen MR) is 81.4 cm³/mol. The summed E-state index contributed by atoms with van der Waals surface area (Å²) in [5, 5.41) is 5.61. The molecule has 1 amide bonds. The van der Waals surface area contributed by atoms with E-state index in [1.165, 1.54) is 6.08 Å². The molecule has 98 valence electrons. The molecular weight excluding hydrogens is 278 g/mol. The highest BCUT2D eigenvalue weighted by Crippen LogP contribution is 2.18. The van der Waals surface area contributed by atoms with Crippen molar-refractivity contribution in [3.8, 4) is 0 Å². The van der Waals surface area contributed by atoms with E-state index in [0.29, 0.717) is 5.02 Å². The fourth-order valence-corrected chi connectivity index (χ4v) is 2.48. The first kappa shape index (κ1) is 13.8. The van der Waals surface area contributed by atoms with Gasteiger partial charge in [0.15, 0.2) is 0 Å². The number of nitrogens with one attached hydrogen (secondary N) is 1. The zero-order chi connectivity index (χ0) is 13.7. The van der Waals surface area contributed by atoms with Gasteiger partial charge in [-0.15, -0.1) is 11.3 Å². The third-order valence-corrected chi connectivity index (χ3v) is 3.93. The molecule has 0 saturated carbocycles. The Kier molecular flexibility index (Phi) is 4.77. The van der Waals surface area contributed by atoms with E-state index >= 15 is 0 Å². The second-order valence-electron chi connectivity index (χ2n) is 4.13. The third kappa shape index (κ3) is 4.23. The van der Waals surface area contributed by atoms with E-state index < -0.39 is 0 Å². The van der Waals surface area contributed by atoms with Gasteiger partial charge in [0, 0.05) is 16.0 Å². The summed E-state index contributed by atoms with van der Waals surface area (Å²) in [5.74, 6) is -0.101. The fraction of sp³-hybridized carbons (Fsp3) is 0.133. The summed E-state index contributed by atoms with van der Waals surface area (Å²) in [7, 11) is 0. The van der Waals surface area contributed by atoms with Gasteiger partial charge in [-0.3, -0.25) is 4.79 Å². The van der Waals surface area contributed by atoms with Crippen LogP contribution in [0.3, 0.4) is 0 Å². The van der Waals surface area contributed by atoms with E-state index in [1.54, 1.807) is 29.5 Å². The van der Waals surface area contributed by atoms with Crippen LogP contribution in [-0.4, -0.2) is 5.91 Å². The highest BCUT2D eigenvalue weighted by Gasteiger charge is 2.07. The molecule has 1 heterocycles. The molecule has 19 heavy (non-hydrogen) atoms. The summed E-state index contributed by atoms with van der Waals surface area (Å²) in [4.78, 5) is 12.9. The summed E-state index contributed by atoms with van der Waals surface area (Å²) >= 11 is 7.43. The van der Waals surface area contributed by atoms with Gasteiger partial charge in [0.05, 0.1) is 6.04 Å². The topological polar surface area (TPSA) is 29.1 Å². The quantitative estimate of drug-likeness (QED) is 0.837. The minimum Gasteiger partial charge on any atom is -0.345 e. The van der Waals surface area contributed by atoms with Crippen LogP contribution in [0, 0.1) is 0 Å². The maximum atomic E-state index is 11.8. The Morgan fingerprint density at radius 1 is 1.32 bits per heavy atom. The number of hydrogen-bond acceptors (Lipinski definition) is 2. The maximum Gasteiger partial charge on any atom is 0.244 e. The average Bonchev–Trinajstić information content (AvgIpc) is 2.92. The zero-order valence-electron chi connectivity index (χ0n) is 10.5. The van der Waals surface area contributed by atoms with Crippen LogP contribution in [0.5, 0.6) is 0 Å². The number of hydrogen-bond donors (Lipinski definition) is 1. The molecule has 2 rings (SSSR count). The number of thiophene rings is 1. The van der Waals surface area contributed by atoms with Gasteiger partial charge in [-0.2, -0.15) is 0 Å². The van der Waals surface area contributed by atoms with E-state index in [2.05, 4.69) is 5.32 Å². The van der Waals surface area contributed by atoms with Crippen molar-refractivity contribution >= 4 is 34.9 Å². The minimum atomic E-state index is -0.101. The molecule has 0 radical (unpaired) electrons. The van der Waals surface area contributed by atoms with Gasteiger partial charge in [0.2, 0.25) is 5.91 Å². The number of halogens is 1. The molecule has 0 aliphatic rings.